The zero-order valence-electron chi connectivity index (χ0n) is 13.3. The topological polar surface area (TPSA) is 79.6 Å². The van der Waals surface area contributed by atoms with E-state index in [2.05, 4.69) is 5.32 Å². The lowest BCUT2D eigenvalue weighted by molar-refractivity contribution is -0.140. The number of nitrogens with zero attached hydrogens (tertiary/aromatic N) is 1. The maximum atomic E-state index is 12.6. The number of likely N-dealkylation sites (tertiary alicyclic amines) is 1. The van der Waals surface area contributed by atoms with E-state index in [1.54, 1.807) is 19.1 Å². The monoisotopic (exact) mass is 326 g/mol. The maximum Gasteiger partial charge on any atom is 0.243 e. The number of ketones is 1. The molecule has 2 atom stereocenters. The van der Waals surface area contributed by atoms with Crippen LogP contribution in [0.2, 0.25) is 0 Å². The summed E-state index contributed by atoms with van der Waals surface area (Å²) in [6.45, 7) is 2.12. The van der Waals surface area contributed by atoms with Gasteiger partial charge in [0.2, 0.25) is 11.8 Å². The molecule has 6 heteroatoms. The number of benzene rings is 1. The molecule has 124 valence electrons. The number of Topliss-reactive ketones (excluding diaryl/α,β-unsaturated/α-hetero) is 1. The molecule has 0 aliphatic carbocycles. The Labute approximate surface area is 139 Å². The third-order valence-corrected chi connectivity index (χ3v) is 4.17. The number of furan rings is 1. The lowest BCUT2D eigenvalue weighted by atomic mass is 10.0. The highest BCUT2D eigenvalue weighted by Crippen LogP contribution is 2.24. The summed E-state index contributed by atoms with van der Waals surface area (Å²) in [7, 11) is 0. The van der Waals surface area contributed by atoms with E-state index in [-0.39, 0.29) is 12.3 Å². The normalized spacial score (nSPS) is 20.5. The number of hydrogen-bond donors (Lipinski definition) is 1. The third-order valence-electron chi connectivity index (χ3n) is 4.17. The first-order valence-electron chi connectivity index (χ1n) is 7.76. The van der Waals surface area contributed by atoms with Gasteiger partial charge in [-0.25, -0.2) is 0 Å². The molecule has 0 bridgehead atoms. The van der Waals surface area contributed by atoms with Crippen molar-refractivity contribution in [2.45, 2.75) is 26.1 Å². The van der Waals surface area contributed by atoms with Gasteiger partial charge in [-0.05, 0) is 24.6 Å². The van der Waals surface area contributed by atoms with E-state index < -0.39 is 23.8 Å². The number of carbonyl (C=O) groups excluding carboxylic acids is 3. The van der Waals surface area contributed by atoms with Gasteiger partial charge in [0.05, 0.1) is 18.8 Å². The summed E-state index contributed by atoms with van der Waals surface area (Å²) in [6.07, 6.45) is 1.50. The number of rotatable bonds is 5. The van der Waals surface area contributed by atoms with Gasteiger partial charge in [-0.2, -0.15) is 0 Å². The Morgan fingerprint density at radius 3 is 2.58 bits per heavy atom. The molecule has 2 amide bonds. The highest BCUT2D eigenvalue weighted by molar-refractivity contribution is 6.23. The highest BCUT2D eigenvalue weighted by Gasteiger charge is 2.48. The quantitative estimate of drug-likeness (QED) is 0.845. The summed E-state index contributed by atoms with van der Waals surface area (Å²) >= 11 is 0. The van der Waals surface area contributed by atoms with Gasteiger partial charge in [-0.15, -0.1) is 0 Å². The minimum absolute atomic E-state index is 0.149. The van der Waals surface area contributed by atoms with E-state index in [1.165, 1.54) is 11.2 Å². The van der Waals surface area contributed by atoms with Crippen LogP contribution in [0.4, 0.5) is 0 Å². The summed E-state index contributed by atoms with van der Waals surface area (Å²) in [4.78, 5) is 38.7. The maximum absolute atomic E-state index is 12.6. The van der Waals surface area contributed by atoms with Crippen LogP contribution >= 0.6 is 0 Å². The van der Waals surface area contributed by atoms with Crippen LogP contribution in [0.3, 0.4) is 0 Å². The molecule has 1 saturated heterocycles. The van der Waals surface area contributed by atoms with Crippen molar-refractivity contribution in [1.29, 1.82) is 0 Å². The molecule has 1 aromatic heterocycles. The van der Waals surface area contributed by atoms with Crippen molar-refractivity contribution in [2.24, 2.45) is 5.92 Å². The molecule has 1 aromatic carbocycles. The Hall–Kier alpha value is -2.89. The Kier molecular flexibility index (Phi) is 4.46. The average molecular weight is 326 g/mol. The third kappa shape index (κ3) is 3.08. The highest BCUT2D eigenvalue weighted by atomic mass is 16.3. The molecule has 0 unspecified atom stereocenters. The van der Waals surface area contributed by atoms with Crippen LogP contribution in [-0.4, -0.2) is 28.5 Å². The molecule has 1 fully saturated rings. The van der Waals surface area contributed by atoms with E-state index in [9.17, 15) is 14.4 Å². The fraction of sp³-hybridized carbons (Fsp3) is 0.278. The van der Waals surface area contributed by atoms with Gasteiger partial charge in [0.25, 0.3) is 0 Å². The molecule has 3 rings (SSSR count). The molecule has 1 N–H and O–H groups in total. The van der Waals surface area contributed by atoms with E-state index >= 15 is 0 Å². The van der Waals surface area contributed by atoms with Crippen molar-refractivity contribution in [2.75, 3.05) is 0 Å². The number of hydrogen-bond acceptors (Lipinski definition) is 4. The zero-order chi connectivity index (χ0) is 17.1. The molecule has 0 radical (unpaired) electrons. The van der Waals surface area contributed by atoms with E-state index in [4.69, 9.17) is 4.42 Å². The predicted octanol–water partition coefficient (Wildman–Crippen LogP) is 1.51. The fourth-order valence-corrected chi connectivity index (χ4v) is 2.80. The van der Waals surface area contributed by atoms with Crippen LogP contribution in [0, 0.1) is 5.92 Å². The molecule has 6 nitrogen and oxygen atoms in total. The van der Waals surface area contributed by atoms with Gasteiger partial charge in [-0.1, -0.05) is 30.3 Å². The Morgan fingerprint density at radius 1 is 1.17 bits per heavy atom. The van der Waals surface area contributed by atoms with Crippen LogP contribution in [-0.2, 0) is 27.5 Å². The van der Waals surface area contributed by atoms with Crippen molar-refractivity contribution in [3.63, 3.8) is 0 Å². The van der Waals surface area contributed by atoms with Gasteiger partial charge < -0.3 is 14.6 Å². The fourth-order valence-electron chi connectivity index (χ4n) is 2.80. The number of nitrogens with one attached hydrogen (secondary N) is 1. The molecule has 0 saturated carbocycles. The van der Waals surface area contributed by atoms with Crippen LogP contribution in [0.5, 0.6) is 0 Å². The van der Waals surface area contributed by atoms with Crippen LogP contribution in [0.25, 0.3) is 0 Å². The standard InChI is InChI=1S/C18H18N2O4/c1-12-16(21)15(17(22)19-10-14-8-5-9-24-14)18(23)20(12)11-13-6-3-2-4-7-13/h2-9,12,15H,10-11H2,1H3,(H,19,22)/t12-,15-/m0/s1. The Balaban J connectivity index is 1.69. The summed E-state index contributed by atoms with van der Waals surface area (Å²) < 4.78 is 5.13. The van der Waals surface area contributed by atoms with Gasteiger partial charge in [0.1, 0.15) is 5.76 Å². The molecule has 2 heterocycles. The lowest BCUT2D eigenvalue weighted by Gasteiger charge is -2.20. The van der Waals surface area contributed by atoms with E-state index in [1.807, 2.05) is 30.3 Å². The first-order chi connectivity index (χ1) is 11.6. The van der Waals surface area contributed by atoms with Crippen molar-refractivity contribution in [3.8, 4) is 0 Å². The van der Waals surface area contributed by atoms with Crippen molar-refractivity contribution >= 4 is 17.6 Å². The zero-order valence-corrected chi connectivity index (χ0v) is 13.3. The summed E-state index contributed by atoms with van der Waals surface area (Å²) in [5.74, 6) is -2.11. The SMILES string of the molecule is C[C@H]1C(=O)[C@@H](C(=O)NCc2ccco2)C(=O)N1Cc1ccccc1. The van der Waals surface area contributed by atoms with Crippen molar-refractivity contribution in [3.05, 3.63) is 60.1 Å². The summed E-state index contributed by atoms with van der Waals surface area (Å²) in [6, 6.07) is 12.2. The first-order valence-corrected chi connectivity index (χ1v) is 7.76. The van der Waals surface area contributed by atoms with Crippen LogP contribution < -0.4 is 5.32 Å². The molecule has 1 aliphatic heterocycles. The Bertz CT molecular complexity index is 740. The summed E-state index contributed by atoms with van der Waals surface area (Å²) in [5.41, 5.74) is 0.919. The Morgan fingerprint density at radius 2 is 1.92 bits per heavy atom. The second kappa shape index (κ2) is 6.70. The van der Waals surface area contributed by atoms with E-state index in [0.29, 0.717) is 12.3 Å². The second-order valence-corrected chi connectivity index (χ2v) is 5.76. The predicted molar refractivity (Wildman–Crippen MR) is 85.5 cm³/mol. The van der Waals surface area contributed by atoms with Gasteiger partial charge in [0, 0.05) is 6.54 Å². The number of amides is 2. The van der Waals surface area contributed by atoms with Gasteiger partial charge in [-0.3, -0.25) is 14.4 Å². The number of carbonyl (C=O) groups is 3. The molecular weight excluding hydrogens is 308 g/mol. The van der Waals surface area contributed by atoms with Crippen molar-refractivity contribution in [1.82, 2.24) is 10.2 Å². The van der Waals surface area contributed by atoms with Crippen molar-refractivity contribution < 1.29 is 18.8 Å². The van der Waals surface area contributed by atoms with Crippen LogP contribution in [0.15, 0.2) is 53.1 Å². The lowest BCUT2D eigenvalue weighted by Crippen LogP contribution is -2.38. The van der Waals surface area contributed by atoms with Crippen LogP contribution in [0.1, 0.15) is 18.2 Å². The smallest absolute Gasteiger partial charge is 0.243 e. The molecule has 24 heavy (non-hydrogen) atoms. The molecule has 2 aromatic rings. The van der Waals surface area contributed by atoms with Gasteiger partial charge >= 0.3 is 0 Å². The molecule has 0 spiro atoms. The van der Waals surface area contributed by atoms with Gasteiger partial charge in [0.15, 0.2) is 11.7 Å². The van der Waals surface area contributed by atoms with E-state index in [0.717, 1.165) is 5.56 Å². The minimum Gasteiger partial charge on any atom is -0.467 e. The second-order valence-electron chi connectivity index (χ2n) is 5.76. The molecule has 1 aliphatic rings. The average Bonchev–Trinajstić information content (AvgIpc) is 3.17. The first kappa shape index (κ1) is 16.0. The summed E-state index contributed by atoms with van der Waals surface area (Å²) in [5, 5.41) is 2.59. The minimum atomic E-state index is -1.28. The molecular formula is C18H18N2O4. The largest absolute Gasteiger partial charge is 0.467 e.